The van der Waals surface area contributed by atoms with Crippen molar-refractivity contribution in [1.29, 1.82) is 0 Å². The fourth-order valence-electron chi connectivity index (χ4n) is 1.38. The highest BCUT2D eigenvalue weighted by Gasteiger charge is 2.37. The quantitative estimate of drug-likeness (QED) is 0.803. The summed E-state index contributed by atoms with van der Waals surface area (Å²) in [6, 6.07) is 0. The maximum atomic E-state index is 12.6. The van der Waals surface area contributed by atoms with Crippen molar-refractivity contribution in [2.45, 2.75) is 32.5 Å². The molecular formula is C10H15F3N2O. The minimum atomic E-state index is -4.39. The molecule has 0 aliphatic rings. The lowest BCUT2D eigenvalue weighted by Gasteiger charge is -2.07. The van der Waals surface area contributed by atoms with Crippen molar-refractivity contribution < 1.29 is 17.9 Å². The zero-order valence-electron chi connectivity index (χ0n) is 9.51. The van der Waals surface area contributed by atoms with Crippen LogP contribution in [-0.2, 0) is 17.5 Å². The third-order valence-corrected chi connectivity index (χ3v) is 2.21. The second kappa shape index (κ2) is 4.86. The molecule has 0 unspecified atom stereocenters. The minimum absolute atomic E-state index is 0.201. The van der Waals surface area contributed by atoms with E-state index in [-0.39, 0.29) is 11.5 Å². The summed E-state index contributed by atoms with van der Waals surface area (Å²) in [4.78, 5) is 0. The van der Waals surface area contributed by atoms with Crippen molar-refractivity contribution in [3.8, 4) is 0 Å². The summed E-state index contributed by atoms with van der Waals surface area (Å²) in [6.45, 7) is 4.10. The van der Waals surface area contributed by atoms with Crippen molar-refractivity contribution >= 4 is 0 Å². The SMILES string of the molecule is COCCn1cc(C(C)C)c(C(F)(F)F)n1. The normalized spacial score (nSPS) is 12.4. The predicted octanol–water partition coefficient (Wildman–Crippen LogP) is 2.67. The first-order valence-corrected chi connectivity index (χ1v) is 4.99. The number of rotatable bonds is 4. The summed E-state index contributed by atoms with van der Waals surface area (Å²) in [7, 11) is 1.50. The van der Waals surface area contributed by atoms with E-state index in [4.69, 9.17) is 4.74 Å². The lowest BCUT2D eigenvalue weighted by molar-refractivity contribution is -0.142. The number of nitrogens with zero attached hydrogens (tertiary/aromatic N) is 2. The van der Waals surface area contributed by atoms with Crippen molar-refractivity contribution in [2.24, 2.45) is 0 Å². The molecule has 1 rings (SSSR count). The van der Waals surface area contributed by atoms with Gasteiger partial charge in [-0.05, 0) is 5.92 Å². The van der Waals surface area contributed by atoms with E-state index < -0.39 is 11.9 Å². The van der Waals surface area contributed by atoms with Crippen molar-refractivity contribution in [3.63, 3.8) is 0 Å². The highest BCUT2D eigenvalue weighted by Crippen LogP contribution is 2.33. The number of hydrogen-bond acceptors (Lipinski definition) is 2. The van der Waals surface area contributed by atoms with E-state index in [1.54, 1.807) is 13.8 Å². The largest absolute Gasteiger partial charge is 0.435 e. The van der Waals surface area contributed by atoms with E-state index in [9.17, 15) is 13.2 Å². The molecule has 0 saturated heterocycles. The monoisotopic (exact) mass is 236 g/mol. The molecule has 0 aromatic carbocycles. The molecule has 0 atom stereocenters. The van der Waals surface area contributed by atoms with Crippen LogP contribution in [0.5, 0.6) is 0 Å². The molecule has 0 aliphatic heterocycles. The Labute approximate surface area is 92.2 Å². The molecule has 0 aliphatic carbocycles. The molecule has 0 spiro atoms. The van der Waals surface area contributed by atoms with Crippen molar-refractivity contribution in [1.82, 2.24) is 9.78 Å². The van der Waals surface area contributed by atoms with E-state index in [0.29, 0.717) is 13.2 Å². The van der Waals surface area contributed by atoms with Gasteiger partial charge in [-0.2, -0.15) is 18.3 Å². The standard InChI is InChI=1S/C10H15F3N2O/c1-7(2)8-6-15(4-5-16-3)14-9(8)10(11,12)13/h6-7H,4-5H2,1-3H3. The number of ether oxygens (including phenoxy) is 1. The van der Waals surface area contributed by atoms with Gasteiger partial charge in [-0.15, -0.1) is 0 Å². The van der Waals surface area contributed by atoms with Gasteiger partial charge in [0.25, 0.3) is 0 Å². The van der Waals surface area contributed by atoms with Gasteiger partial charge in [-0.25, -0.2) is 0 Å². The molecule has 1 aromatic rings. The topological polar surface area (TPSA) is 27.1 Å². The molecular weight excluding hydrogens is 221 g/mol. The third-order valence-electron chi connectivity index (χ3n) is 2.21. The Bertz CT molecular complexity index is 344. The minimum Gasteiger partial charge on any atom is -0.383 e. The van der Waals surface area contributed by atoms with Crippen LogP contribution in [0.2, 0.25) is 0 Å². The number of methoxy groups -OCH3 is 1. The van der Waals surface area contributed by atoms with Gasteiger partial charge in [0.1, 0.15) is 0 Å². The molecule has 3 nitrogen and oxygen atoms in total. The molecule has 0 fully saturated rings. The first-order chi connectivity index (χ1) is 7.36. The molecule has 92 valence electrons. The maximum Gasteiger partial charge on any atom is 0.435 e. The molecule has 0 bridgehead atoms. The van der Waals surface area contributed by atoms with E-state index in [1.807, 2.05) is 0 Å². The zero-order valence-corrected chi connectivity index (χ0v) is 9.51. The molecule has 0 N–H and O–H groups in total. The Morgan fingerprint density at radius 1 is 1.44 bits per heavy atom. The smallest absolute Gasteiger partial charge is 0.383 e. The van der Waals surface area contributed by atoms with Crippen LogP contribution in [0.4, 0.5) is 13.2 Å². The zero-order chi connectivity index (χ0) is 12.3. The summed E-state index contributed by atoms with van der Waals surface area (Å²) in [5.74, 6) is -0.201. The summed E-state index contributed by atoms with van der Waals surface area (Å²) in [6.07, 6.45) is -2.95. The van der Waals surface area contributed by atoms with Gasteiger partial charge in [0.2, 0.25) is 0 Å². The average Bonchev–Trinajstić information content (AvgIpc) is 2.58. The molecule has 1 heterocycles. The average molecular weight is 236 g/mol. The van der Waals surface area contributed by atoms with Crippen LogP contribution in [-0.4, -0.2) is 23.5 Å². The Balaban J connectivity index is 3.01. The second-order valence-electron chi connectivity index (χ2n) is 3.84. The van der Waals surface area contributed by atoms with Crippen LogP contribution in [0.1, 0.15) is 31.0 Å². The highest BCUT2D eigenvalue weighted by atomic mass is 19.4. The van der Waals surface area contributed by atoms with Gasteiger partial charge in [-0.1, -0.05) is 13.8 Å². The van der Waals surface area contributed by atoms with Crippen LogP contribution < -0.4 is 0 Å². The second-order valence-corrected chi connectivity index (χ2v) is 3.84. The number of halogens is 3. The van der Waals surface area contributed by atoms with Crippen molar-refractivity contribution in [2.75, 3.05) is 13.7 Å². The van der Waals surface area contributed by atoms with Crippen LogP contribution in [0, 0.1) is 0 Å². The summed E-state index contributed by atoms with van der Waals surface area (Å²) in [5, 5.41) is 3.55. The van der Waals surface area contributed by atoms with E-state index in [2.05, 4.69) is 5.10 Å². The van der Waals surface area contributed by atoms with Crippen molar-refractivity contribution in [3.05, 3.63) is 17.5 Å². The molecule has 1 aromatic heterocycles. The van der Waals surface area contributed by atoms with Crippen LogP contribution in [0.15, 0.2) is 6.20 Å². The van der Waals surface area contributed by atoms with Gasteiger partial charge in [0.15, 0.2) is 5.69 Å². The fourth-order valence-corrected chi connectivity index (χ4v) is 1.38. The first kappa shape index (κ1) is 13.0. The molecule has 0 saturated carbocycles. The lowest BCUT2D eigenvalue weighted by Crippen LogP contribution is -2.11. The van der Waals surface area contributed by atoms with Gasteiger partial charge >= 0.3 is 6.18 Å². The lowest BCUT2D eigenvalue weighted by atomic mass is 10.0. The van der Waals surface area contributed by atoms with E-state index >= 15 is 0 Å². The van der Waals surface area contributed by atoms with Gasteiger partial charge < -0.3 is 4.74 Å². The Morgan fingerprint density at radius 2 is 2.06 bits per heavy atom. The number of aromatic nitrogens is 2. The molecule has 6 heteroatoms. The summed E-state index contributed by atoms with van der Waals surface area (Å²) < 4.78 is 44.0. The van der Waals surface area contributed by atoms with E-state index in [1.165, 1.54) is 18.0 Å². The van der Waals surface area contributed by atoms with Gasteiger partial charge in [-0.3, -0.25) is 4.68 Å². The Hall–Kier alpha value is -1.04. The highest BCUT2D eigenvalue weighted by molar-refractivity contribution is 5.23. The van der Waals surface area contributed by atoms with Gasteiger partial charge in [0.05, 0.1) is 13.2 Å². The van der Waals surface area contributed by atoms with Crippen LogP contribution in [0.25, 0.3) is 0 Å². The third kappa shape index (κ3) is 2.98. The van der Waals surface area contributed by atoms with E-state index in [0.717, 1.165) is 0 Å². The number of alkyl halides is 3. The molecule has 16 heavy (non-hydrogen) atoms. The first-order valence-electron chi connectivity index (χ1n) is 4.99. The Kier molecular flexibility index (Phi) is 3.96. The summed E-state index contributed by atoms with van der Waals surface area (Å²) in [5.41, 5.74) is -0.567. The molecule has 0 radical (unpaired) electrons. The number of hydrogen-bond donors (Lipinski definition) is 0. The fraction of sp³-hybridized carbons (Fsp3) is 0.700. The molecule has 0 amide bonds. The predicted molar refractivity (Wildman–Crippen MR) is 53.2 cm³/mol. The van der Waals surface area contributed by atoms with Crippen LogP contribution in [0.3, 0.4) is 0 Å². The van der Waals surface area contributed by atoms with Gasteiger partial charge in [0, 0.05) is 18.9 Å². The maximum absolute atomic E-state index is 12.6. The summed E-state index contributed by atoms with van der Waals surface area (Å²) >= 11 is 0. The van der Waals surface area contributed by atoms with Crippen LogP contribution >= 0.6 is 0 Å². The Morgan fingerprint density at radius 3 is 2.44 bits per heavy atom.